The number of hydrogen-bond acceptors (Lipinski definition) is 1. The predicted molar refractivity (Wildman–Crippen MR) is 40.5 cm³/mol. The highest BCUT2D eigenvalue weighted by molar-refractivity contribution is 5.09. The quantitative estimate of drug-likeness (QED) is 0.526. The molecular formula is C8H15N. The molecule has 0 bridgehead atoms. The molecule has 9 heavy (non-hydrogen) atoms. The number of rotatable bonds is 1. The second kappa shape index (κ2) is 3.02. The lowest BCUT2D eigenvalue weighted by atomic mass is 10.0. The third-order valence-electron chi connectivity index (χ3n) is 1.85. The van der Waals surface area contributed by atoms with Crippen LogP contribution in [-0.4, -0.2) is 12.6 Å². The fraction of sp³-hybridized carbons (Fsp3) is 0.750. The first-order valence-electron chi connectivity index (χ1n) is 3.76. The predicted octanol–water partition coefficient (Wildman–Crippen LogP) is 1.70. The average Bonchev–Trinajstić information content (AvgIpc) is 1.88. The number of nitrogens with one attached hydrogen (secondary N) is 1. The average molecular weight is 125 g/mol. The number of hydrogen-bond donors (Lipinski definition) is 1. The van der Waals surface area contributed by atoms with Crippen LogP contribution < -0.4 is 5.32 Å². The Balaban J connectivity index is 2.49. The van der Waals surface area contributed by atoms with E-state index < -0.39 is 0 Å². The van der Waals surface area contributed by atoms with Gasteiger partial charge in [0.25, 0.3) is 0 Å². The van der Waals surface area contributed by atoms with E-state index in [1.54, 1.807) is 5.57 Å². The largest absolute Gasteiger partial charge is 0.310 e. The SMILES string of the molecule is CCC1=CC(C)NCC1. The Bertz CT molecular complexity index is 116. The Morgan fingerprint density at radius 2 is 2.56 bits per heavy atom. The molecule has 1 nitrogen and oxygen atoms in total. The van der Waals surface area contributed by atoms with Gasteiger partial charge in [0.05, 0.1) is 0 Å². The highest BCUT2D eigenvalue weighted by Crippen LogP contribution is 2.10. The van der Waals surface area contributed by atoms with Gasteiger partial charge in [0, 0.05) is 6.04 Å². The van der Waals surface area contributed by atoms with Crippen LogP contribution in [0.1, 0.15) is 26.7 Å². The summed E-state index contributed by atoms with van der Waals surface area (Å²) in [5, 5.41) is 3.37. The van der Waals surface area contributed by atoms with E-state index in [9.17, 15) is 0 Å². The van der Waals surface area contributed by atoms with Crippen LogP contribution in [0.4, 0.5) is 0 Å². The summed E-state index contributed by atoms with van der Waals surface area (Å²) < 4.78 is 0. The maximum Gasteiger partial charge on any atom is 0.0224 e. The van der Waals surface area contributed by atoms with Gasteiger partial charge in [0.1, 0.15) is 0 Å². The minimum Gasteiger partial charge on any atom is -0.310 e. The Labute approximate surface area is 57.1 Å². The second-order valence-electron chi connectivity index (χ2n) is 2.67. The molecule has 0 aliphatic carbocycles. The summed E-state index contributed by atoms with van der Waals surface area (Å²) >= 11 is 0. The molecule has 0 fully saturated rings. The fourth-order valence-corrected chi connectivity index (χ4v) is 1.25. The zero-order chi connectivity index (χ0) is 6.69. The monoisotopic (exact) mass is 125 g/mol. The van der Waals surface area contributed by atoms with Gasteiger partial charge in [-0.25, -0.2) is 0 Å². The Morgan fingerprint density at radius 3 is 3.00 bits per heavy atom. The van der Waals surface area contributed by atoms with Crippen LogP contribution in [0.15, 0.2) is 11.6 Å². The van der Waals surface area contributed by atoms with Crippen molar-refractivity contribution in [3.8, 4) is 0 Å². The van der Waals surface area contributed by atoms with Crippen molar-refractivity contribution < 1.29 is 0 Å². The van der Waals surface area contributed by atoms with Crippen LogP contribution in [-0.2, 0) is 0 Å². The molecule has 0 saturated carbocycles. The molecule has 0 aromatic heterocycles. The molecule has 1 aliphatic rings. The zero-order valence-corrected chi connectivity index (χ0v) is 6.28. The maximum atomic E-state index is 3.37. The summed E-state index contributed by atoms with van der Waals surface area (Å²) in [4.78, 5) is 0. The van der Waals surface area contributed by atoms with E-state index in [1.807, 2.05) is 0 Å². The van der Waals surface area contributed by atoms with E-state index >= 15 is 0 Å². The van der Waals surface area contributed by atoms with Crippen LogP contribution >= 0.6 is 0 Å². The van der Waals surface area contributed by atoms with E-state index in [4.69, 9.17) is 0 Å². The normalized spacial score (nSPS) is 27.8. The van der Waals surface area contributed by atoms with Gasteiger partial charge in [-0.2, -0.15) is 0 Å². The summed E-state index contributed by atoms with van der Waals surface area (Å²) in [5.74, 6) is 0. The van der Waals surface area contributed by atoms with Crippen molar-refractivity contribution in [3.63, 3.8) is 0 Å². The van der Waals surface area contributed by atoms with Gasteiger partial charge in [-0.3, -0.25) is 0 Å². The third kappa shape index (κ3) is 1.83. The standard InChI is InChI=1S/C8H15N/c1-3-8-4-5-9-7(2)6-8/h6-7,9H,3-5H2,1-2H3. The van der Waals surface area contributed by atoms with Crippen molar-refractivity contribution in [2.75, 3.05) is 6.54 Å². The van der Waals surface area contributed by atoms with Crippen molar-refractivity contribution >= 4 is 0 Å². The first-order valence-corrected chi connectivity index (χ1v) is 3.76. The van der Waals surface area contributed by atoms with Gasteiger partial charge in [-0.05, 0) is 26.3 Å². The summed E-state index contributed by atoms with van der Waals surface area (Å²) in [6.45, 7) is 5.60. The molecule has 52 valence electrons. The lowest BCUT2D eigenvalue weighted by Gasteiger charge is -2.18. The van der Waals surface area contributed by atoms with Crippen molar-refractivity contribution in [2.45, 2.75) is 32.7 Å². The maximum absolute atomic E-state index is 3.37. The summed E-state index contributed by atoms with van der Waals surface area (Å²) in [7, 11) is 0. The molecule has 0 amide bonds. The van der Waals surface area contributed by atoms with E-state index in [0.717, 1.165) is 0 Å². The molecule has 0 radical (unpaired) electrons. The van der Waals surface area contributed by atoms with Crippen molar-refractivity contribution in [2.24, 2.45) is 0 Å². The lowest BCUT2D eigenvalue weighted by molar-refractivity contribution is 0.588. The Hall–Kier alpha value is -0.300. The van der Waals surface area contributed by atoms with Gasteiger partial charge >= 0.3 is 0 Å². The molecule has 1 heterocycles. The third-order valence-corrected chi connectivity index (χ3v) is 1.85. The van der Waals surface area contributed by atoms with Crippen LogP contribution in [0, 0.1) is 0 Å². The topological polar surface area (TPSA) is 12.0 Å². The minimum atomic E-state index is 0.605. The zero-order valence-electron chi connectivity index (χ0n) is 6.28. The van der Waals surface area contributed by atoms with E-state index in [0.29, 0.717) is 6.04 Å². The van der Waals surface area contributed by atoms with E-state index in [2.05, 4.69) is 25.2 Å². The molecule has 1 N–H and O–H groups in total. The van der Waals surface area contributed by atoms with Gasteiger partial charge < -0.3 is 5.32 Å². The van der Waals surface area contributed by atoms with Crippen LogP contribution in [0.3, 0.4) is 0 Å². The molecule has 0 aromatic carbocycles. The molecule has 1 heteroatoms. The molecule has 0 aromatic rings. The highest BCUT2D eigenvalue weighted by Gasteiger charge is 2.05. The van der Waals surface area contributed by atoms with Gasteiger partial charge in [0.15, 0.2) is 0 Å². The Kier molecular flexibility index (Phi) is 2.29. The minimum absolute atomic E-state index is 0.605. The molecule has 0 spiro atoms. The van der Waals surface area contributed by atoms with Crippen molar-refractivity contribution in [1.82, 2.24) is 5.32 Å². The van der Waals surface area contributed by atoms with Gasteiger partial charge in [-0.15, -0.1) is 0 Å². The molecular weight excluding hydrogens is 110 g/mol. The Morgan fingerprint density at radius 1 is 1.78 bits per heavy atom. The molecule has 1 rings (SSSR count). The summed E-state index contributed by atoms with van der Waals surface area (Å²) in [6.07, 6.45) is 4.82. The molecule has 0 saturated heterocycles. The second-order valence-corrected chi connectivity index (χ2v) is 2.67. The summed E-state index contributed by atoms with van der Waals surface area (Å²) in [6, 6.07) is 0.605. The van der Waals surface area contributed by atoms with E-state index in [1.165, 1.54) is 19.4 Å². The van der Waals surface area contributed by atoms with Crippen LogP contribution in [0.25, 0.3) is 0 Å². The van der Waals surface area contributed by atoms with Crippen molar-refractivity contribution in [3.05, 3.63) is 11.6 Å². The molecule has 1 unspecified atom stereocenters. The highest BCUT2D eigenvalue weighted by atomic mass is 14.9. The fourth-order valence-electron chi connectivity index (χ4n) is 1.25. The van der Waals surface area contributed by atoms with Crippen LogP contribution in [0.2, 0.25) is 0 Å². The van der Waals surface area contributed by atoms with Gasteiger partial charge in [-0.1, -0.05) is 18.6 Å². The van der Waals surface area contributed by atoms with Crippen molar-refractivity contribution in [1.29, 1.82) is 0 Å². The molecule has 1 aliphatic heterocycles. The summed E-state index contributed by atoms with van der Waals surface area (Å²) in [5.41, 5.74) is 1.61. The van der Waals surface area contributed by atoms with E-state index in [-0.39, 0.29) is 0 Å². The smallest absolute Gasteiger partial charge is 0.0224 e. The molecule has 1 atom stereocenters. The first-order chi connectivity index (χ1) is 4.33. The first kappa shape index (κ1) is 6.81. The van der Waals surface area contributed by atoms with Gasteiger partial charge in [0.2, 0.25) is 0 Å². The lowest BCUT2D eigenvalue weighted by Crippen LogP contribution is -2.29. The van der Waals surface area contributed by atoms with Crippen LogP contribution in [0.5, 0.6) is 0 Å².